The molecule has 3 atom stereocenters. The molecule has 1 aromatic rings. The van der Waals surface area contributed by atoms with Crippen LogP contribution in [0.1, 0.15) is 37.3 Å². The maximum atomic E-state index is 6.41. The molecule has 3 unspecified atom stereocenters. The molecule has 2 aliphatic carbocycles. The average Bonchev–Trinajstić information content (AvgIpc) is 3.12. The highest BCUT2D eigenvalue weighted by Gasteiger charge is 2.53. The molecule has 0 saturated heterocycles. The summed E-state index contributed by atoms with van der Waals surface area (Å²) in [6, 6.07) is 8.50. The molecule has 2 saturated carbocycles. The molecule has 3 rings (SSSR count). The molecule has 0 aliphatic heterocycles. The van der Waals surface area contributed by atoms with Gasteiger partial charge in [0.15, 0.2) is 0 Å². The monoisotopic (exact) mass is 231 g/mol. The number of hydrogen-bond donors (Lipinski definition) is 1. The van der Waals surface area contributed by atoms with Crippen LogP contribution in [0, 0.1) is 17.8 Å². The molecule has 2 aliphatic rings. The second kappa shape index (κ2) is 4.34. The molecular formula is C15H21NO. The molecule has 0 amide bonds. The van der Waals surface area contributed by atoms with Crippen molar-refractivity contribution >= 4 is 0 Å². The Labute approximate surface area is 103 Å². The molecule has 0 aromatic heterocycles. The van der Waals surface area contributed by atoms with Crippen LogP contribution in [0.25, 0.3) is 0 Å². The van der Waals surface area contributed by atoms with Gasteiger partial charge in [-0.1, -0.05) is 25.0 Å². The van der Waals surface area contributed by atoms with E-state index in [-0.39, 0.29) is 6.04 Å². The molecule has 0 bridgehead atoms. The van der Waals surface area contributed by atoms with Gasteiger partial charge in [0.1, 0.15) is 5.75 Å². The lowest BCUT2D eigenvalue weighted by Gasteiger charge is -2.12. The van der Waals surface area contributed by atoms with Crippen molar-refractivity contribution in [3.05, 3.63) is 29.8 Å². The fourth-order valence-corrected chi connectivity index (χ4v) is 3.63. The van der Waals surface area contributed by atoms with Crippen LogP contribution >= 0.6 is 0 Å². The number of rotatable bonds is 3. The molecule has 0 spiro atoms. The summed E-state index contributed by atoms with van der Waals surface area (Å²) in [7, 11) is 1.70. The highest BCUT2D eigenvalue weighted by Crippen LogP contribution is 2.59. The number of fused-ring (bicyclic) bond motifs is 1. The molecule has 1 aromatic carbocycles. The molecule has 2 N–H and O–H groups in total. The first kappa shape index (κ1) is 11.1. The molecule has 17 heavy (non-hydrogen) atoms. The third-order valence-electron chi connectivity index (χ3n) is 4.64. The van der Waals surface area contributed by atoms with Crippen molar-refractivity contribution in [3.63, 3.8) is 0 Å². The van der Waals surface area contributed by atoms with Crippen molar-refractivity contribution in [1.82, 2.24) is 0 Å². The van der Waals surface area contributed by atoms with Gasteiger partial charge in [-0.15, -0.1) is 0 Å². The lowest BCUT2D eigenvalue weighted by Crippen LogP contribution is -2.14. The van der Waals surface area contributed by atoms with Gasteiger partial charge in [0.2, 0.25) is 0 Å². The predicted molar refractivity (Wildman–Crippen MR) is 68.9 cm³/mol. The fourth-order valence-electron chi connectivity index (χ4n) is 3.63. The summed E-state index contributed by atoms with van der Waals surface area (Å²) in [4.78, 5) is 0. The molecule has 0 radical (unpaired) electrons. The second-order valence-electron chi connectivity index (χ2n) is 5.49. The van der Waals surface area contributed by atoms with Crippen LogP contribution in [-0.2, 0) is 0 Å². The Morgan fingerprint density at radius 1 is 1.12 bits per heavy atom. The predicted octanol–water partition coefficient (Wildman–Crippen LogP) is 3.13. The van der Waals surface area contributed by atoms with E-state index in [9.17, 15) is 0 Å². The van der Waals surface area contributed by atoms with Gasteiger partial charge >= 0.3 is 0 Å². The van der Waals surface area contributed by atoms with Gasteiger partial charge in [0, 0.05) is 6.04 Å². The largest absolute Gasteiger partial charge is 0.497 e. The highest BCUT2D eigenvalue weighted by atomic mass is 16.5. The molecule has 2 fully saturated rings. The minimum absolute atomic E-state index is 0.231. The molecule has 2 nitrogen and oxygen atoms in total. The first-order valence-electron chi connectivity index (χ1n) is 6.71. The van der Waals surface area contributed by atoms with Crippen LogP contribution in [0.4, 0.5) is 0 Å². The van der Waals surface area contributed by atoms with E-state index in [1.807, 2.05) is 12.1 Å². The van der Waals surface area contributed by atoms with Gasteiger partial charge < -0.3 is 10.5 Å². The van der Waals surface area contributed by atoms with E-state index in [2.05, 4.69) is 12.1 Å². The Bertz CT molecular complexity index is 374. The van der Waals surface area contributed by atoms with Crippen molar-refractivity contribution in [3.8, 4) is 5.75 Å². The van der Waals surface area contributed by atoms with Gasteiger partial charge in [-0.2, -0.15) is 0 Å². The van der Waals surface area contributed by atoms with Crippen LogP contribution in [0.3, 0.4) is 0 Å². The van der Waals surface area contributed by atoms with E-state index in [0.717, 1.165) is 23.5 Å². The van der Waals surface area contributed by atoms with Crippen molar-refractivity contribution in [1.29, 1.82) is 0 Å². The number of ether oxygens (including phenoxy) is 1. The lowest BCUT2D eigenvalue weighted by atomic mass is 10.0. The number of nitrogens with two attached hydrogens (primary N) is 1. The average molecular weight is 231 g/mol. The van der Waals surface area contributed by atoms with Gasteiger partial charge in [-0.25, -0.2) is 0 Å². The molecule has 92 valence electrons. The third-order valence-corrected chi connectivity index (χ3v) is 4.64. The van der Waals surface area contributed by atoms with Gasteiger partial charge in [-0.3, -0.25) is 0 Å². The number of methoxy groups -OCH3 is 1. The second-order valence-corrected chi connectivity index (χ2v) is 5.49. The van der Waals surface area contributed by atoms with E-state index in [1.165, 1.54) is 31.2 Å². The first-order valence-corrected chi connectivity index (χ1v) is 6.71. The van der Waals surface area contributed by atoms with Crippen molar-refractivity contribution in [2.24, 2.45) is 23.5 Å². The minimum atomic E-state index is 0.231. The van der Waals surface area contributed by atoms with E-state index in [0.29, 0.717) is 0 Å². The minimum Gasteiger partial charge on any atom is -0.497 e. The SMILES string of the molecule is COc1ccc(C(N)C2C3CCCCC32)cc1. The summed E-state index contributed by atoms with van der Waals surface area (Å²) >= 11 is 0. The van der Waals surface area contributed by atoms with Crippen LogP contribution in [-0.4, -0.2) is 7.11 Å². The lowest BCUT2D eigenvalue weighted by molar-refractivity contribution is 0.414. The van der Waals surface area contributed by atoms with Gasteiger partial charge in [0.25, 0.3) is 0 Å². The first-order chi connectivity index (χ1) is 8.31. The van der Waals surface area contributed by atoms with E-state index in [1.54, 1.807) is 7.11 Å². The van der Waals surface area contributed by atoms with E-state index in [4.69, 9.17) is 10.5 Å². The van der Waals surface area contributed by atoms with Crippen LogP contribution < -0.4 is 10.5 Å². The quantitative estimate of drug-likeness (QED) is 0.867. The molecular weight excluding hydrogens is 210 g/mol. The number of benzene rings is 1. The normalized spacial score (nSPS) is 32.7. The zero-order valence-corrected chi connectivity index (χ0v) is 10.4. The Kier molecular flexibility index (Phi) is 2.83. The summed E-state index contributed by atoms with van der Waals surface area (Å²) in [6.07, 6.45) is 5.62. The molecule has 0 heterocycles. The maximum Gasteiger partial charge on any atom is 0.118 e. The summed E-state index contributed by atoms with van der Waals surface area (Å²) in [5.74, 6) is 3.49. The zero-order chi connectivity index (χ0) is 11.8. The van der Waals surface area contributed by atoms with Crippen LogP contribution in [0.15, 0.2) is 24.3 Å². The van der Waals surface area contributed by atoms with Gasteiger partial charge in [0.05, 0.1) is 7.11 Å². The van der Waals surface area contributed by atoms with Crippen molar-refractivity contribution in [2.45, 2.75) is 31.7 Å². The maximum absolute atomic E-state index is 6.41. The summed E-state index contributed by atoms with van der Waals surface area (Å²) in [5.41, 5.74) is 7.68. The van der Waals surface area contributed by atoms with Crippen molar-refractivity contribution < 1.29 is 4.74 Å². The van der Waals surface area contributed by atoms with E-state index < -0.39 is 0 Å². The number of hydrogen-bond acceptors (Lipinski definition) is 2. The van der Waals surface area contributed by atoms with Crippen LogP contribution in [0.2, 0.25) is 0 Å². The highest BCUT2D eigenvalue weighted by molar-refractivity contribution is 5.30. The van der Waals surface area contributed by atoms with Crippen LogP contribution in [0.5, 0.6) is 5.75 Å². The van der Waals surface area contributed by atoms with Crippen molar-refractivity contribution in [2.75, 3.05) is 7.11 Å². The Balaban J connectivity index is 1.71. The zero-order valence-electron chi connectivity index (χ0n) is 10.4. The Hall–Kier alpha value is -1.02. The topological polar surface area (TPSA) is 35.2 Å². The Morgan fingerprint density at radius 3 is 2.24 bits per heavy atom. The third kappa shape index (κ3) is 1.95. The fraction of sp³-hybridized carbons (Fsp3) is 0.600. The smallest absolute Gasteiger partial charge is 0.118 e. The Morgan fingerprint density at radius 2 is 1.71 bits per heavy atom. The summed E-state index contributed by atoms with van der Waals surface area (Å²) < 4.78 is 5.18. The molecule has 2 heteroatoms. The standard InChI is InChI=1S/C15H21NO/c1-17-11-8-6-10(7-9-11)15(16)14-12-4-2-3-5-13(12)14/h6-9,12-15H,2-5,16H2,1H3. The summed E-state index contributed by atoms with van der Waals surface area (Å²) in [6.45, 7) is 0. The summed E-state index contributed by atoms with van der Waals surface area (Å²) in [5, 5.41) is 0. The van der Waals surface area contributed by atoms with Gasteiger partial charge in [-0.05, 0) is 48.3 Å². The van der Waals surface area contributed by atoms with E-state index >= 15 is 0 Å².